The number of benzene rings is 1. The van der Waals surface area contributed by atoms with Crippen LogP contribution in [0.4, 0.5) is 5.82 Å². The number of morpholine rings is 1. The number of pyridine rings is 1. The fourth-order valence-electron chi connectivity index (χ4n) is 3.03. The summed E-state index contributed by atoms with van der Waals surface area (Å²) in [5.41, 5.74) is 1.93. The standard InChI is InChI=1S/C18H20ClN5O/c19-14-1-3-15(4-2-14)24-17-13-20-6-5-16(17)18(22-24)21-7-8-23-9-11-25-12-10-23/h1-6,13H,7-12H2,(H,21,22). The van der Waals surface area contributed by atoms with Gasteiger partial charge in [0.05, 0.1) is 30.6 Å². The Bertz CT molecular complexity index is 842. The van der Waals surface area contributed by atoms with E-state index in [2.05, 4.69) is 15.2 Å². The molecule has 4 rings (SSSR count). The van der Waals surface area contributed by atoms with Crippen LogP contribution in [0.1, 0.15) is 0 Å². The zero-order valence-electron chi connectivity index (χ0n) is 13.9. The van der Waals surface area contributed by atoms with Crippen LogP contribution in [-0.4, -0.2) is 59.1 Å². The molecule has 0 atom stereocenters. The van der Waals surface area contributed by atoms with Crippen LogP contribution in [0, 0.1) is 0 Å². The summed E-state index contributed by atoms with van der Waals surface area (Å²) in [6, 6.07) is 9.64. The molecule has 0 bridgehead atoms. The number of fused-ring (bicyclic) bond motifs is 1. The van der Waals surface area contributed by atoms with E-state index in [-0.39, 0.29) is 0 Å². The molecule has 1 aliphatic heterocycles. The second-order valence-corrected chi connectivity index (χ2v) is 6.45. The second-order valence-electron chi connectivity index (χ2n) is 6.01. The Kier molecular flexibility index (Phi) is 4.83. The number of anilines is 1. The van der Waals surface area contributed by atoms with Gasteiger partial charge in [0.2, 0.25) is 0 Å². The molecule has 0 aliphatic carbocycles. The van der Waals surface area contributed by atoms with Crippen LogP contribution in [0.5, 0.6) is 0 Å². The molecule has 2 aromatic heterocycles. The first-order chi connectivity index (χ1) is 12.3. The molecule has 0 spiro atoms. The number of nitrogens with zero attached hydrogens (tertiary/aromatic N) is 4. The Morgan fingerprint density at radius 1 is 1.12 bits per heavy atom. The normalized spacial score (nSPS) is 15.6. The van der Waals surface area contributed by atoms with E-state index in [0.717, 1.165) is 61.8 Å². The molecule has 1 aliphatic rings. The molecule has 0 radical (unpaired) electrons. The van der Waals surface area contributed by atoms with Crippen molar-refractivity contribution in [3.63, 3.8) is 0 Å². The third kappa shape index (κ3) is 3.61. The van der Waals surface area contributed by atoms with Crippen molar-refractivity contribution in [3.05, 3.63) is 47.7 Å². The highest BCUT2D eigenvalue weighted by Crippen LogP contribution is 2.25. The quantitative estimate of drug-likeness (QED) is 0.761. The number of ether oxygens (including phenoxy) is 1. The van der Waals surface area contributed by atoms with Gasteiger partial charge in [0.15, 0.2) is 5.82 Å². The van der Waals surface area contributed by atoms with Crippen LogP contribution >= 0.6 is 11.6 Å². The van der Waals surface area contributed by atoms with Gasteiger partial charge >= 0.3 is 0 Å². The van der Waals surface area contributed by atoms with E-state index >= 15 is 0 Å². The number of halogens is 1. The maximum Gasteiger partial charge on any atom is 0.156 e. The highest BCUT2D eigenvalue weighted by Gasteiger charge is 2.13. The van der Waals surface area contributed by atoms with Crippen molar-refractivity contribution in [2.45, 2.75) is 0 Å². The number of aromatic nitrogens is 3. The average Bonchev–Trinajstić information content (AvgIpc) is 3.02. The monoisotopic (exact) mass is 357 g/mol. The summed E-state index contributed by atoms with van der Waals surface area (Å²) < 4.78 is 7.29. The van der Waals surface area contributed by atoms with Crippen molar-refractivity contribution in [2.24, 2.45) is 0 Å². The van der Waals surface area contributed by atoms with Gasteiger partial charge < -0.3 is 10.1 Å². The summed E-state index contributed by atoms with van der Waals surface area (Å²) in [5, 5.41) is 9.99. The molecular formula is C18H20ClN5O. The molecule has 1 aromatic carbocycles. The molecular weight excluding hydrogens is 338 g/mol. The van der Waals surface area contributed by atoms with Crippen molar-refractivity contribution >= 4 is 28.3 Å². The molecule has 1 fully saturated rings. The van der Waals surface area contributed by atoms with Crippen LogP contribution in [-0.2, 0) is 4.74 Å². The Balaban J connectivity index is 1.55. The van der Waals surface area contributed by atoms with Crippen molar-refractivity contribution in [2.75, 3.05) is 44.7 Å². The topological polar surface area (TPSA) is 55.2 Å². The van der Waals surface area contributed by atoms with Crippen molar-refractivity contribution in [3.8, 4) is 5.69 Å². The van der Waals surface area contributed by atoms with Crippen LogP contribution < -0.4 is 5.32 Å². The van der Waals surface area contributed by atoms with Gasteiger partial charge in [-0.2, -0.15) is 0 Å². The molecule has 130 valence electrons. The van der Waals surface area contributed by atoms with Gasteiger partial charge in [0.25, 0.3) is 0 Å². The highest BCUT2D eigenvalue weighted by atomic mass is 35.5. The molecule has 0 saturated carbocycles. The van der Waals surface area contributed by atoms with Gasteiger partial charge in [-0.15, -0.1) is 5.10 Å². The Hall–Kier alpha value is -2.15. The number of nitrogens with one attached hydrogen (secondary N) is 1. The van der Waals surface area contributed by atoms with E-state index in [1.54, 1.807) is 6.20 Å². The minimum atomic E-state index is 0.710. The van der Waals surface area contributed by atoms with Gasteiger partial charge in [0.1, 0.15) is 0 Å². The first kappa shape index (κ1) is 16.3. The predicted octanol–water partition coefficient (Wildman–Crippen LogP) is 2.82. The largest absolute Gasteiger partial charge is 0.379 e. The van der Waals surface area contributed by atoms with Gasteiger partial charge in [-0.05, 0) is 30.3 Å². The molecule has 0 amide bonds. The van der Waals surface area contributed by atoms with Gasteiger partial charge in [-0.3, -0.25) is 9.88 Å². The maximum atomic E-state index is 6.00. The summed E-state index contributed by atoms with van der Waals surface area (Å²) in [6.07, 6.45) is 3.63. The SMILES string of the molecule is Clc1ccc(-n2nc(NCCN3CCOCC3)c3ccncc32)cc1. The Labute approximate surface area is 151 Å². The molecule has 1 saturated heterocycles. The molecule has 0 unspecified atom stereocenters. The highest BCUT2D eigenvalue weighted by molar-refractivity contribution is 6.30. The summed E-state index contributed by atoms with van der Waals surface area (Å²) >= 11 is 6.00. The second kappa shape index (κ2) is 7.39. The van der Waals surface area contributed by atoms with E-state index in [1.807, 2.05) is 41.2 Å². The minimum absolute atomic E-state index is 0.710. The van der Waals surface area contributed by atoms with Gasteiger partial charge in [0, 0.05) is 42.8 Å². The summed E-state index contributed by atoms with van der Waals surface area (Å²) in [6.45, 7) is 5.44. The van der Waals surface area contributed by atoms with E-state index in [4.69, 9.17) is 21.4 Å². The van der Waals surface area contributed by atoms with Crippen molar-refractivity contribution in [1.82, 2.24) is 19.7 Å². The van der Waals surface area contributed by atoms with Crippen molar-refractivity contribution in [1.29, 1.82) is 0 Å². The zero-order valence-corrected chi connectivity index (χ0v) is 14.6. The lowest BCUT2D eigenvalue weighted by Crippen LogP contribution is -2.39. The molecule has 3 heterocycles. The molecule has 6 nitrogen and oxygen atoms in total. The van der Waals surface area contributed by atoms with Crippen molar-refractivity contribution < 1.29 is 4.74 Å². The van der Waals surface area contributed by atoms with E-state index in [9.17, 15) is 0 Å². The average molecular weight is 358 g/mol. The molecule has 7 heteroatoms. The molecule has 25 heavy (non-hydrogen) atoms. The maximum absolute atomic E-state index is 6.00. The van der Waals surface area contributed by atoms with E-state index in [0.29, 0.717) is 5.02 Å². The Morgan fingerprint density at radius 3 is 2.72 bits per heavy atom. The van der Waals surface area contributed by atoms with Crippen LogP contribution in [0.3, 0.4) is 0 Å². The zero-order chi connectivity index (χ0) is 17.1. The first-order valence-electron chi connectivity index (χ1n) is 8.44. The van der Waals surface area contributed by atoms with Crippen LogP contribution in [0.15, 0.2) is 42.7 Å². The van der Waals surface area contributed by atoms with Gasteiger partial charge in [-0.1, -0.05) is 11.6 Å². The van der Waals surface area contributed by atoms with E-state index in [1.165, 1.54) is 0 Å². The van der Waals surface area contributed by atoms with Crippen LogP contribution in [0.2, 0.25) is 5.02 Å². The first-order valence-corrected chi connectivity index (χ1v) is 8.82. The summed E-state index contributed by atoms with van der Waals surface area (Å²) in [7, 11) is 0. The smallest absolute Gasteiger partial charge is 0.156 e. The fraction of sp³-hybridized carbons (Fsp3) is 0.333. The van der Waals surface area contributed by atoms with Crippen LogP contribution in [0.25, 0.3) is 16.6 Å². The molecule has 3 aromatic rings. The fourth-order valence-corrected chi connectivity index (χ4v) is 3.16. The summed E-state index contributed by atoms with van der Waals surface area (Å²) in [4.78, 5) is 6.65. The third-order valence-corrected chi connectivity index (χ3v) is 4.63. The minimum Gasteiger partial charge on any atom is -0.379 e. The number of hydrogen-bond donors (Lipinski definition) is 1. The number of rotatable bonds is 5. The Morgan fingerprint density at radius 2 is 1.92 bits per heavy atom. The molecule has 1 N–H and O–H groups in total. The predicted molar refractivity (Wildman–Crippen MR) is 99.6 cm³/mol. The number of hydrogen-bond acceptors (Lipinski definition) is 5. The van der Waals surface area contributed by atoms with Gasteiger partial charge in [-0.25, -0.2) is 4.68 Å². The lowest BCUT2D eigenvalue weighted by atomic mass is 10.3. The third-order valence-electron chi connectivity index (χ3n) is 4.38. The lowest BCUT2D eigenvalue weighted by molar-refractivity contribution is 0.0398. The van der Waals surface area contributed by atoms with E-state index < -0.39 is 0 Å². The summed E-state index contributed by atoms with van der Waals surface area (Å²) in [5.74, 6) is 0.876. The lowest BCUT2D eigenvalue weighted by Gasteiger charge is -2.26.